The molecule has 0 spiro atoms. The first-order valence-corrected chi connectivity index (χ1v) is 9.56. The highest BCUT2D eigenvalue weighted by Gasteiger charge is 2.17. The summed E-state index contributed by atoms with van der Waals surface area (Å²) >= 11 is 1.65. The normalized spacial score (nSPS) is 10.4. The zero-order valence-electron chi connectivity index (χ0n) is 15.2. The summed E-state index contributed by atoms with van der Waals surface area (Å²) in [6.45, 7) is 2.44. The number of ether oxygens (including phenoxy) is 2. The monoisotopic (exact) mass is 383 g/mol. The van der Waals surface area contributed by atoms with Crippen molar-refractivity contribution in [3.8, 4) is 11.5 Å². The Morgan fingerprint density at radius 2 is 1.93 bits per heavy atom. The molecule has 0 aliphatic rings. The molecule has 0 fully saturated rings. The van der Waals surface area contributed by atoms with E-state index in [1.165, 1.54) is 6.26 Å². The summed E-state index contributed by atoms with van der Waals surface area (Å²) in [7, 11) is 1.56. The van der Waals surface area contributed by atoms with Crippen LogP contribution in [0.2, 0.25) is 0 Å². The number of carbonyl (C=O) groups is 1. The summed E-state index contributed by atoms with van der Waals surface area (Å²) in [5.41, 5.74) is 1.46. The van der Waals surface area contributed by atoms with E-state index >= 15 is 0 Å². The molecule has 0 atom stereocenters. The summed E-state index contributed by atoms with van der Waals surface area (Å²) in [4.78, 5) is 13.8. The van der Waals surface area contributed by atoms with Crippen LogP contribution in [-0.2, 0) is 5.75 Å². The molecule has 0 saturated carbocycles. The van der Waals surface area contributed by atoms with Crippen molar-refractivity contribution >= 4 is 23.4 Å². The second-order valence-electron chi connectivity index (χ2n) is 5.63. The number of anilines is 1. The molecule has 3 aromatic rings. The fourth-order valence-electron chi connectivity index (χ4n) is 2.53. The van der Waals surface area contributed by atoms with Crippen molar-refractivity contribution in [2.45, 2.75) is 17.6 Å². The first-order chi connectivity index (χ1) is 13.2. The number of furan rings is 1. The standard InChI is InChI=1S/C21H21NO4S/c1-3-25-18-10-9-16(13-19(18)24-2)22-21(23)20-15(11-12-26-20)14-27-17-7-5-4-6-8-17/h4-13H,3,14H2,1-2H3,(H,22,23). The van der Waals surface area contributed by atoms with E-state index in [1.54, 1.807) is 37.1 Å². The molecule has 0 bridgehead atoms. The zero-order chi connectivity index (χ0) is 19.1. The summed E-state index contributed by atoms with van der Waals surface area (Å²) in [6.07, 6.45) is 1.54. The highest BCUT2D eigenvalue weighted by molar-refractivity contribution is 7.98. The molecule has 2 aromatic carbocycles. The van der Waals surface area contributed by atoms with Crippen LogP contribution < -0.4 is 14.8 Å². The van der Waals surface area contributed by atoms with E-state index in [9.17, 15) is 4.79 Å². The highest BCUT2D eigenvalue weighted by Crippen LogP contribution is 2.31. The fourth-order valence-corrected chi connectivity index (χ4v) is 3.43. The van der Waals surface area contributed by atoms with Gasteiger partial charge in [-0.3, -0.25) is 4.79 Å². The Morgan fingerprint density at radius 3 is 2.67 bits per heavy atom. The van der Waals surface area contributed by atoms with Gasteiger partial charge in [-0.25, -0.2) is 0 Å². The number of carbonyl (C=O) groups excluding carboxylic acids is 1. The lowest BCUT2D eigenvalue weighted by Gasteiger charge is -2.11. The predicted octanol–water partition coefficient (Wildman–Crippen LogP) is 5.23. The lowest BCUT2D eigenvalue weighted by atomic mass is 10.2. The van der Waals surface area contributed by atoms with Gasteiger partial charge in [0.1, 0.15) is 0 Å². The third-order valence-electron chi connectivity index (χ3n) is 3.81. The Kier molecular flexibility index (Phi) is 6.44. The van der Waals surface area contributed by atoms with Gasteiger partial charge in [-0.15, -0.1) is 11.8 Å². The van der Waals surface area contributed by atoms with Crippen LogP contribution in [0.15, 0.2) is 70.2 Å². The first kappa shape index (κ1) is 18.9. The lowest BCUT2D eigenvalue weighted by molar-refractivity contribution is 0.0995. The maximum Gasteiger partial charge on any atom is 0.291 e. The Labute approximate surface area is 162 Å². The van der Waals surface area contributed by atoms with Crippen LogP contribution in [-0.4, -0.2) is 19.6 Å². The Balaban J connectivity index is 1.69. The number of thioether (sulfide) groups is 1. The first-order valence-electron chi connectivity index (χ1n) is 8.57. The summed E-state index contributed by atoms with van der Waals surface area (Å²) in [5, 5.41) is 2.85. The Bertz CT molecular complexity index is 892. The third-order valence-corrected chi connectivity index (χ3v) is 4.87. The van der Waals surface area contributed by atoms with Crippen LogP contribution >= 0.6 is 11.8 Å². The van der Waals surface area contributed by atoms with Gasteiger partial charge >= 0.3 is 0 Å². The third kappa shape index (κ3) is 4.86. The van der Waals surface area contributed by atoms with Gasteiger partial charge in [0.25, 0.3) is 5.91 Å². The quantitative estimate of drug-likeness (QED) is 0.540. The molecule has 6 heteroatoms. The molecule has 1 amide bonds. The Hall–Kier alpha value is -2.86. The van der Waals surface area contributed by atoms with Crippen LogP contribution in [0.5, 0.6) is 11.5 Å². The van der Waals surface area contributed by atoms with Gasteiger partial charge in [0, 0.05) is 28.0 Å². The van der Waals surface area contributed by atoms with Crippen LogP contribution in [0.3, 0.4) is 0 Å². The van der Waals surface area contributed by atoms with Crippen molar-refractivity contribution in [2.75, 3.05) is 19.0 Å². The molecule has 0 unspecified atom stereocenters. The minimum Gasteiger partial charge on any atom is -0.493 e. The molecule has 0 aliphatic heterocycles. The summed E-state index contributed by atoms with van der Waals surface area (Å²) in [6, 6.07) is 17.1. The van der Waals surface area contributed by atoms with Gasteiger partial charge in [-0.1, -0.05) is 18.2 Å². The smallest absolute Gasteiger partial charge is 0.291 e. The maximum atomic E-state index is 12.6. The molecule has 3 rings (SSSR count). The second kappa shape index (κ2) is 9.19. The van der Waals surface area contributed by atoms with E-state index in [4.69, 9.17) is 13.9 Å². The molecule has 0 radical (unpaired) electrons. The largest absolute Gasteiger partial charge is 0.493 e. The van der Waals surface area contributed by atoms with Gasteiger partial charge in [0.15, 0.2) is 17.3 Å². The highest BCUT2D eigenvalue weighted by atomic mass is 32.2. The Morgan fingerprint density at radius 1 is 1.11 bits per heavy atom. The number of benzene rings is 2. The van der Waals surface area contributed by atoms with Crippen molar-refractivity contribution in [3.05, 3.63) is 72.2 Å². The molecular weight excluding hydrogens is 362 g/mol. The van der Waals surface area contributed by atoms with E-state index in [0.717, 1.165) is 10.5 Å². The topological polar surface area (TPSA) is 60.7 Å². The number of nitrogens with one attached hydrogen (secondary N) is 1. The number of hydrogen-bond acceptors (Lipinski definition) is 5. The van der Waals surface area contributed by atoms with Crippen molar-refractivity contribution in [2.24, 2.45) is 0 Å². The lowest BCUT2D eigenvalue weighted by Crippen LogP contribution is -2.13. The molecule has 0 saturated heterocycles. The van der Waals surface area contributed by atoms with Gasteiger partial charge in [-0.05, 0) is 37.3 Å². The second-order valence-corrected chi connectivity index (χ2v) is 6.68. The molecular formula is C21H21NO4S. The fraction of sp³-hybridized carbons (Fsp3) is 0.190. The van der Waals surface area contributed by atoms with Gasteiger partial charge in [0.2, 0.25) is 0 Å². The summed E-state index contributed by atoms with van der Waals surface area (Å²) in [5.74, 6) is 1.86. The van der Waals surface area contributed by atoms with E-state index in [2.05, 4.69) is 5.32 Å². The van der Waals surface area contributed by atoms with E-state index in [-0.39, 0.29) is 5.91 Å². The number of methoxy groups -OCH3 is 1. The molecule has 1 N–H and O–H groups in total. The van der Waals surface area contributed by atoms with Crippen molar-refractivity contribution in [3.63, 3.8) is 0 Å². The average molecular weight is 383 g/mol. The van der Waals surface area contributed by atoms with Crippen LogP contribution in [0.25, 0.3) is 0 Å². The van der Waals surface area contributed by atoms with Crippen LogP contribution in [0.4, 0.5) is 5.69 Å². The van der Waals surface area contributed by atoms with E-state index in [1.807, 2.05) is 43.3 Å². The van der Waals surface area contributed by atoms with Crippen molar-refractivity contribution in [1.29, 1.82) is 0 Å². The molecule has 1 aromatic heterocycles. The van der Waals surface area contributed by atoms with Gasteiger partial charge in [0.05, 0.1) is 20.0 Å². The van der Waals surface area contributed by atoms with Gasteiger partial charge < -0.3 is 19.2 Å². The molecule has 0 aliphatic carbocycles. The average Bonchev–Trinajstić information content (AvgIpc) is 3.17. The van der Waals surface area contributed by atoms with E-state index < -0.39 is 0 Å². The number of amides is 1. The zero-order valence-corrected chi connectivity index (χ0v) is 16.0. The maximum absolute atomic E-state index is 12.6. The molecule has 1 heterocycles. The molecule has 140 valence electrons. The molecule has 27 heavy (non-hydrogen) atoms. The predicted molar refractivity (Wildman–Crippen MR) is 107 cm³/mol. The van der Waals surface area contributed by atoms with Crippen molar-refractivity contribution < 1.29 is 18.7 Å². The minimum atomic E-state index is -0.296. The minimum absolute atomic E-state index is 0.296. The van der Waals surface area contributed by atoms with Crippen LogP contribution in [0.1, 0.15) is 23.0 Å². The number of hydrogen-bond donors (Lipinski definition) is 1. The molecule has 5 nitrogen and oxygen atoms in total. The SMILES string of the molecule is CCOc1ccc(NC(=O)c2occc2CSc2ccccc2)cc1OC. The van der Waals surface area contributed by atoms with E-state index in [0.29, 0.717) is 35.3 Å². The summed E-state index contributed by atoms with van der Waals surface area (Å²) < 4.78 is 16.2. The van der Waals surface area contributed by atoms with Crippen LogP contribution in [0, 0.1) is 0 Å². The number of rotatable bonds is 8. The van der Waals surface area contributed by atoms with Gasteiger partial charge in [-0.2, -0.15) is 0 Å². The van der Waals surface area contributed by atoms with Crippen molar-refractivity contribution in [1.82, 2.24) is 0 Å².